The molecule has 0 bridgehead atoms. The Morgan fingerprint density at radius 3 is 2.50 bits per heavy atom. The summed E-state index contributed by atoms with van der Waals surface area (Å²) in [6.07, 6.45) is 0. The fourth-order valence-electron chi connectivity index (χ4n) is 1.47. The van der Waals surface area contributed by atoms with E-state index in [4.69, 9.17) is 0 Å². The molecule has 94 valence electrons. The van der Waals surface area contributed by atoms with Crippen molar-refractivity contribution in [2.24, 2.45) is 0 Å². The first-order chi connectivity index (χ1) is 8.56. The summed E-state index contributed by atoms with van der Waals surface area (Å²) < 4.78 is 2.98. The maximum absolute atomic E-state index is 9.42. The number of hydrogen-bond acceptors (Lipinski definition) is 2. The van der Waals surface area contributed by atoms with Gasteiger partial charge in [-0.1, -0.05) is 6.07 Å². The highest BCUT2D eigenvalue weighted by Gasteiger charge is 2.01. The number of hydrogen-bond donors (Lipinski definition) is 2. The topological polar surface area (TPSA) is 32.3 Å². The third-order valence-electron chi connectivity index (χ3n) is 2.43. The van der Waals surface area contributed by atoms with Crippen molar-refractivity contribution in [1.29, 1.82) is 0 Å². The zero-order valence-electron chi connectivity index (χ0n) is 9.25. The van der Waals surface area contributed by atoms with Crippen LogP contribution < -0.4 is 5.32 Å². The molecule has 0 saturated carbocycles. The van der Waals surface area contributed by atoms with Gasteiger partial charge in [0.1, 0.15) is 5.75 Å². The summed E-state index contributed by atoms with van der Waals surface area (Å²) in [7, 11) is 0. The summed E-state index contributed by atoms with van der Waals surface area (Å²) in [6, 6.07) is 11.6. The Kier molecular flexibility index (Phi) is 4.91. The lowest BCUT2D eigenvalue weighted by atomic mass is 10.2. The molecule has 2 rings (SSSR count). The van der Waals surface area contributed by atoms with E-state index >= 15 is 0 Å². The smallest absolute Gasteiger partial charge is 0.129 e. The van der Waals surface area contributed by atoms with Gasteiger partial charge >= 0.3 is 0 Å². The van der Waals surface area contributed by atoms with Gasteiger partial charge in [-0.15, -0.1) is 0 Å². The highest BCUT2D eigenvalue weighted by molar-refractivity contribution is 14.1. The Morgan fingerprint density at radius 1 is 1.06 bits per heavy atom. The summed E-state index contributed by atoms with van der Waals surface area (Å²) in [5, 5.41) is 12.8. The first kappa shape index (κ1) is 14.1. The molecule has 0 amide bonds. The molecule has 2 N–H and O–H groups in total. The molecule has 0 aliphatic rings. The monoisotopic (exact) mass is 481 g/mol. The number of phenolic OH excluding ortho intramolecular Hbond substituents is 1. The molecule has 0 fully saturated rings. The van der Waals surface area contributed by atoms with Gasteiger partial charge in [-0.05, 0) is 90.3 Å². The Balaban J connectivity index is 2.06. The van der Waals surface area contributed by atoms with Crippen LogP contribution in [0.5, 0.6) is 5.75 Å². The molecule has 0 aliphatic heterocycles. The molecule has 0 heterocycles. The number of aromatic hydroxyl groups is 1. The van der Waals surface area contributed by atoms with Crippen molar-refractivity contribution < 1.29 is 5.11 Å². The fraction of sp³-hybridized carbons (Fsp3) is 0.0769. The van der Waals surface area contributed by atoms with E-state index < -0.39 is 0 Å². The van der Waals surface area contributed by atoms with E-state index in [9.17, 15) is 5.11 Å². The van der Waals surface area contributed by atoms with Crippen molar-refractivity contribution in [2.75, 3.05) is 5.32 Å². The molecule has 0 saturated heterocycles. The van der Waals surface area contributed by atoms with Crippen molar-refractivity contribution in [1.82, 2.24) is 0 Å². The van der Waals surface area contributed by atoms with Gasteiger partial charge in [-0.2, -0.15) is 0 Å². The second kappa shape index (κ2) is 6.25. The van der Waals surface area contributed by atoms with E-state index in [1.54, 1.807) is 6.07 Å². The van der Waals surface area contributed by atoms with Gasteiger partial charge in [-0.3, -0.25) is 0 Å². The summed E-state index contributed by atoms with van der Waals surface area (Å²) in [5.74, 6) is 0.260. The van der Waals surface area contributed by atoms with Crippen LogP contribution in [0.25, 0.3) is 0 Å². The van der Waals surface area contributed by atoms with Crippen molar-refractivity contribution in [3.8, 4) is 5.75 Å². The predicted molar refractivity (Wildman–Crippen MR) is 90.0 cm³/mol. The molecule has 18 heavy (non-hydrogen) atoms. The number of anilines is 1. The molecule has 0 atom stereocenters. The second-order valence-electron chi connectivity index (χ2n) is 3.77. The van der Waals surface area contributed by atoms with E-state index in [1.165, 1.54) is 3.57 Å². The van der Waals surface area contributed by atoms with Crippen LogP contribution in [0.4, 0.5) is 5.69 Å². The van der Waals surface area contributed by atoms with Gasteiger partial charge in [0.05, 0.1) is 4.47 Å². The Bertz CT molecular complexity index is 523. The minimum atomic E-state index is 0.260. The van der Waals surface area contributed by atoms with E-state index in [0.29, 0.717) is 11.0 Å². The molecular formula is C13H10Br2INO. The standard InChI is InChI=1S/C13H10Br2INO/c14-10-6-9(2-3-12(10)16)17-7-8-1-4-13(18)11(15)5-8/h1-6,17-18H,7H2. The first-order valence-corrected chi connectivity index (χ1v) is 7.89. The third kappa shape index (κ3) is 3.61. The predicted octanol–water partition coefficient (Wildman–Crippen LogP) is 5.13. The van der Waals surface area contributed by atoms with Crippen LogP contribution >= 0.6 is 54.5 Å². The average molecular weight is 483 g/mol. The maximum Gasteiger partial charge on any atom is 0.129 e. The van der Waals surface area contributed by atoms with Gasteiger partial charge in [0.2, 0.25) is 0 Å². The SMILES string of the molecule is Oc1ccc(CNc2ccc(I)c(Br)c2)cc1Br. The molecule has 2 aromatic rings. The normalized spacial score (nSPS) is 10.4. The van der Waals surface area contributed by atoms with E-state index in [2.05, 4.69) is 71.9 Å². The number of nitrogens with one attached hydrogen (secondary N) is 1. The lowest BCUT2D eigenvalue weighted by molar-refractivity contribution is 0.471. The number of halogens is 3. The number of benzene rings is 2. The van der Waals surface area contributed by atoms with E-state index in [0.717, 1.165) is 15.7 Å². The number of rotatable bonds is 3. The van der Waals surface area contributed by atoms with Crippen LogP contribution in [0, 0.1) is 3.57 Å². The highest BCUT2D eigenvalue weighted by atomic mass is 127. The lowest BCUT2D eigenvalue weighted by Gasteiger charge is -2.08. The van der Waals surface area contributed by atoms with Gasteiger partial charge in [-0.25, -0.2) is 0 Å². The number of phenols is 1. The van der Waals surface area contributed by atoms with Crippen LogP contribution in [0.15, 0.2) is 45.3 Å². The van der Waals surface area contributed by atoms with Crippen LogP contribution in [0.1, 0.15) is 5.56 Å². The van der Waals surface area contributed by atoms with Gasteiger partial charge in [0.25, 0.3) is 0 Å². The molecule has 0 unspecified atom stereocenters. The zero-order chi connectivity index (χ0) is 13.1. The van der Waals surface area contributed by atoms with Crippen molar-refractivity contribution in [2.45, 2.75) is 6.54 Å². The average Bonchev–Trinajstić information content (AvgIpc) is 2.35. The molecule has 2 aromatic carbocycles. The Labute approximate surface area is 136 Å². The maximum atomic E-state index is 9.42. The Hall–Kier alpha value is -0.270. The molecule has 0 aliphatic carbocycles. The largest absolute Gasteiger partial charge is 0.507 e. The summed E-state index contributed by atoms with van der Waals surface area (Å²) >= 11 is 9.09. The van der Waals surface area contributed by atoms with Gasteiger partial charge in [0, 0.05) is 20.3 Å². The van der Waals surface area contributed by atoms with Gasteiger partial charge < -0.3 is 10.4 Å². The summed E-state index contributed by atoms with van der Waals surface area (Å²) in [4.78, 5) is 0. The molecule has 0 spiro atoms. The van der Waals surface area contributed by atoms with E-state index in [1.807, 2.05) is 18.2 Å². The Morgan fingerprint density at radius 2 is 1.83 bits per heavy atom. The fourth-order valence-corrected chi connectivity index (χ4v) is 2.61. The molecule has 0 aromatic heterocycles. The van der Waals surface area contributed by atoms with Crippen molar-refractivity contribution in [3.63, 3.8) is 0 Å². The molecule has 0 radical (unpaired) electrons. The summed E-state index contributed by atoms with van der Waals surface area (Å²) in [6.45, 7) is 0.714. The lowest BCUT2D eigenvalue weighted by Crippen LogP contribution is -1.99. The van der Waals surface area contributed by atoms with E-state index in [-0.39, 0.29) is 5.75 Å². The second-order valence-corrected chi connectivity index (χ2v) is 6.64. The quantitative estimate of drug-likeness (QED) is 0.594. The molecule has 2 nitrogen and oxygen atoms in total. The third-order valence-corrected chi connectivity index (χ3v) is 5.40. The molecule has 5 heteroatoms. The minimum absolute atomic E-state index is 0.260. The minimum Gasteiger partial charge on any atom is -0.507 e. The van der Waals surface area contributed by atoms with Crippen LogP contribution in [0.3, 0.4) is 0 Å². The highest BCUT2D eigenvalue weighted by Crippen LogP contribution is 2.26. The van der Waals surface area contributed by atoms with Crippen molar-refractivity contribution >= 4 is 60.1 Å². The van der Waals surface area contributed by atoms with Crippen molar-refractivity contribution in [3.05, 3.63) is 54.5 Å². The summed E-state index contributed by atoms with van der Waals surface area (Å²) in [5.41, 5.74) is 2.17. The molecular weight excluding hydrogens is 473 g/mol. The zero-order valence-corrected chi connectivity index (χ0v) is 14.6. The first-order valence-electron chi connectivity index (χ1n) is 5.22. The van der Waals surface area contributed by atoms with Gasteiger partial charge in [0.15, 0.2) is 0 Å². The van der Waals surface area contributed by atoms with Crippen LogP contribution in [0.2, 0.25) is 0 Å². The van der Waals surface area contributed by atoms with Crippen LogP contribution in [-0.2, 0) is 6.54 Å². The van der Waals surface area contributed by atoms with Crippen LogP contribution in [-0.4, -0.2) is 5.11 Å².